The second-order valence-corrected chi connectivity index (χ2v) is 5.40. The first-order valence-electron chi connectivity index (χ1n) is 7.22. The molecule has 0 aromatic heterocycles. The molecule has 1 N–H and O–H groups in total. The summed E-state index contributed by atoms with van der Waals surface area (Å²) in [6, 6.07) is 10.4. The third kappa shape index (κ3) is 3.71. The van der Waals surface area contributed by atoms with E-state index in [9.17, 15) is 0 Å². The lowest BCUT2D eigenvalue weighted by molar-refractivity contribution is 0.183. The van der Waals surface area contributed by atoms with Crippen molar-refractivity contribution in [2.45, 2.75) is 32.7 Å². The van der Waals surface area contributed by atoms with Crippen molar-refractivity contribution in [3.8, 4) is 6.07 Å². The lowest BCUT2D eigenvalue weighted by Crippen LogP contribution is -2.39. The molecule has 0 spiro atoms. The Hall–Kier alpha value is -1.53. The van der Waals surface area contributed by atoms with Gasteiger partial charge in [0.1, 0.15) is 0 Å². The maximum atomic E-state index is 8.92. The van der Waals surface area contributed by atoms with Crippen LogP contribution in [-0.2, 0) is 0 Å². The van der Waals surface area contributed by atoms with E-state index >= 15 is 0 Å². The number of nitrogens with one attached hydrogen (secondary N) is 1. The average Bonchev–Trinajstić information content (AvgIpc) is 2.47. The number of nitrogens with zero attached hydrogens (tertiary/aromatic N) is 2. The number of benzene rings is 1. The van der Waals surface area contributed by atoms with Crippen LogP contribution in [-0.4, -0.2) is 30.6 Å². The standard InChI is InChI=1S/C16H23N3/c1-3-19-9-7-15(8-10-19)13(2)18-16-6-4-5-14(11-16)12-17/h4-6,11,13,15,18H,3,7-10H2,1-2H3. The molecule has 0 radical (unpaired) electrons. The predicted octanol–water partition coefficient (Wildman–Crippen LogP) is 3.09. The number of nitriles is 1. The van der Waals surface area contributed by atoms with Crippen LogP contribution in [0.1, 0.15) is 32.3 Å². The normalized spacial score (nSPS) is 18.8. The lowest BCUT2D eigenvalue weighted by Gasteiger charge is -2.34. The van der Waals surface area contributed by atoms with Crippen molar-refractivity contribution in [1.82, 2.24) is 4.90 Å². The van der Waals surface area contributed by atoms with Crippen molar-refractivity contribution in [1.29, 1.82) is 5.26 Å². The summed E-state index contributed by atoms with van der Waals surface area (Å²) in [5.74, 6) is 0.730. The van der Waals surface area contributed by atoms with Gasteiger partial charge in [-0.05, 0) is 63.5 Å². The molecule has 102 valence electrons. The van der Waals surface area contributed by atoms with Crippen LogP contribution in [0.4, 0.5) is 5.69 Å². The zero-order chi connectivity index (χ0) is 13.7. The van der Waals surface area contributed by atoms with Gasteiger partial charge < -0.3 is 10.2 Å². The highest BCUT2D eigenvalue weighted by Gasteiger charge is 2.22. The zero-order valence-corrected chi connectivity index (χ0v) is 11.9. The SMILES string of the molecule is CCN1CCC(C(C)Nc2cccc(C#N)c2)CC1. The largest absolute Gasteiger partial charge is 0.382 e. The van der Waals surface area contributed by atoms with Crippen LogP contribution in [0.15, 0.2) is 24.3 Å². The molecule has 1 aromatic rings. The number of anilines is 1. The summed E-state index contributed by atoms with van der Waals surface area (Å²) in [7, 11) is 0. The Morgan fingerprint density at radius 1 is 1.42 bits per heavy atom. The highest BCUT2D eigenvalue weighted by molar-refractivity contribution is 5.49. The van der Waals surface area contributed by atoms with E-state index in [0.29, 0.717) is 6.04 Å². The summed E-state index contributed by atoms with van der Waals surface area (Å²) in [6.07, 6.45) is 2.53. The van der Waals surface area contributed by atoms with Crippen LogP contribution in [0.3, 0.4) is 0 Å². The summed E-state index contributed by atoms with van der Waals surface area (Å²) >= 11 is 0. The monoisotopic (exact) mass is 257 g/mol. The van der Waals surface area contributed by atoms with Crippen LogP contribution < -0.4 is 5.32 Å². The summed E-state index contributed by atoms with van der Waals surface area (Å²) < 4.78 is 0. The van der Waals surface area contributed by atoms with E-state index in [1.54, 1.807) is 0 Å². The minimum atomic E-state index is 0.466. The third-order valence-electron chi connectivity index (χ3n) is 4.17. The molecule has 0 bridgehead atoms. The first-order valence-corrected chi connectivity index (χ1v) is 7.22. The van der Waals surface area contributed by atoms with Crippen molar-refractivity contribution in [2.75, 3.05) is 25.0 Å². The van der Waals surface area contributed by atoms with E-state index in [4.69, 9.17) is 5.26 Å². The maximum absolute atomic E-state index is 8.92. The van der Waals surface area contributed by atoms with Crippen LogP contribution in [0.25, 0.3) is 0 Å². The van der Waals surface area contributed by atoms with Gasteiger partial charge in [-0.15, -0.1) is 0 Å². The van der Waals surface area contributed by atoms with Gasteiger partial charge in [-0.2, -0.15) is 5.26 Å². The first-order chi connectivity index (χ1) is 9.22. The van der Waals surface area contributed by atoms with Gasteiger partial charge >= 0.3 is 0 Å². The Morgan fingerprint density at radius 2 is 2.16 bits per heavy atom. The molecule has 1 atom stereocenters. The third-order valence-corrected chi connectivity index (χ3v) is 4.17. The molecule has 0 saturated carbocycles. The van der Waals surface area contributed by atoms with E-state index < -0.39 is 0 Å². The van der Waals surface area contributed by atoms with Gasteiger partial charge in [-0.1, -0.05) is 13.0 Å². The van der Waals surface area contributed by atoms with E-state index in [-0.39, 0.29) is 0 Å². The van der Waals surface area contributed by atoms with E-state index in [1.807, 2.05) is 24.3 Å². The van der Waals surface area contributed by atoms with E-state index in [2.05, 4.69) is 30.1 Å². The molecule has 1 heterocycles. The van der Waals surface area contributed by atoms with Crippen LogP contribution in [0.2, 0.25) is 0 Å². The summed E-state index contributed by atoms with van der Waals surface area (Å²) in [5, 5.41) is 12.5. The van der Waals surface area contributed by atoms with Gasteiger partial charge in [-0.3, -0.25) is 0 Å². The molecular formula is C16H23N3. The number of piperidine rings is 1. The fraction of sp³-hybridized carbons (Fsp3) is 0.562. The topological polar surface area (TPSA) is 39.1 Å². The molecule has 0 amide bonds. The number of rotatable bonds is 4. The Labute approximate surface area is 116 Å². The average molecular weight is 257 g/mol. The molecule has 3 heteroatoms. The Kier molecular flexibility index (Phi) is 4.81. The van der Waals surface area contributed by atoms with Crippen LogP contribution >= 0.6 is 0 Å². The Morgan fingerprint density at radius 3 is 2.79 bits per heavy atom. The predicted molar refractivity (Wildman–Crippen MR) is 79.1 cm³/mol. The van der Waals surface area contributed by atoms with E-state index in [1.165, 1.54) is 32.5 Å². The smallest absolute Gasteiger partial charge is 0.0992 e. The zero-order valence-electron chi connectivity index (χ0n) is 11.9. The van der Waals surface area contributed by atoms with Gasteiger partial charge in [0.05, 0.1) is 11.6 Å². The highest BCUT2D eigenvalue weighted by Crippen LogP contribution is 2.23. The van der Waals surface area contributed by atoms with Crippen LogP contribution in [0, 0.1) is 17.2 Å². The van der Waals surface area contributed by atoms with Gasteiger partial charge in [0.2, 0.25) is 0 Å². The van der Waals surface area contributed by atoms with Crippen molar-refractivity contribution in [3.63, 3.8) is 0 Å². The number of likely N-dealkylation sites (tertiary alicyclic amines) is 1. The summed E-state index contributed by atoms with van der Waals surface area (Å²) in [5.41, 5.74) is 1.78. The highest BCUT2D eigenvalue weighted by atomic mass is 15.1. The van der Waals surface area contributed by atoms with Gasteiger partial charge in [0, 0.05) is 11.7 Å². The Bertz CT molecular complexity index is 442. The lowest BCUT2D eigenvalue weighted by atomic mass is 9.90. The quantitative estimate of drug-likeness (QED) is 0.901. The van der Waals surface area contributed by atoms with Crippen LogP contribution in [0.5, 0.6) is 0 Å². The Balaban J connectivity index is 1.90. The summed E-state index contributed by atoms with van der Waals surface area (Å²) in [4.78, 5) is 2.51. The van der Waals surface area contributed by atoms with Crippen molar-refractivity contribution in [3.05, 3.63) is 29.8 Å². The van der Waals surface area contributed by atoms with E-state index in [0.717, 1.165) is 17.2 Å². The molecule has 1 aromatic carbocycles. The number of hydrogen-bond donors (Lipinski definition) is 1. The molecule has 1 saturated heterocycles. The molecule has 0 aliphatic carbocycles. The molecule has 19 heavy (non-hydrogen) atoms. The minimum Gasteiger partial charge on any atom is -0.382 e. The van der Waals surface area contributed by atoms with Gasteiger partial charge in [0.25, 0.3) is 0 Å². The fourth-order valence-corrected chi connectivity index (χ4v) is 2.83. The molecule has 1 unspecified atom stereocenters. The fourth-order valence-electron chi connectivity index (χ4n) is 2.83. The number of hydrogen-bond acceptors (Lipinski definition) is 3. The van der Waals surface area contributed by atoms with Gasteiger partial charge in [0.15, 0.2) is 0 Å². The summed E-state index contributed by atoms with van der Waals surface area (Å²) in [6.45, 7) is 8.08. The molecule has 2 rings (SSSR count). The second-order valence-electron chi connectivity index (χ2n) is 5.40. The van der Waals surface area contributed by atoms with Crippen molar-refractivity contribution >= 4 is 5.69 Å². The first kappa shape index (κ1) is 13.9. The molecular weight excluding hydrogens is 234 g/mol. The van der Waals surface area contributed by atoms with Crippen molar-refractivity contribution in [2.24, 2.45) is 5.92 Å². The maximum Gasteiger partial charge on any atom is 0.0992 e. The molecule has 1 fully saturated rings. The molecule has 3 nitrogen and oxygen atoms in total. The van der Waals surface area contributed by atoms with Gasteiger partial charge in [-0.25, -0.2) is 0 Å². The minimum absolute atomic E-state index is 0.466. The molecule has 1 aliphatic rings. The second kappa shape index (κ2) is 6.58. The molecule has 1 aliphatic heterocycles. The van der Waals surface area contributed by atoms with Crippen molar-refractivity contribution < 1.29 is 0 Å².